The number of rotatable bonds is 6. The topological polar surface area (TPSA) is 32.3 Å². The molecule has 0 bridgehead atoms. The van der Waals surface area contributed by atoms with Gasteiger partial charge in [0.2, 0.25) is 5.91 Å². The van der Waals surface area contributed by atoms with Crippen LogP contribution in [-0.4, -0.2) is 30.4 Å². The first kappa shape index (κ1) is 16.9. The molecule has 0 aliphatic carbocycles. The van der Waals surface area contributed by atoms with Gasteiger partial charge >= 0.3 is 0 Å². The highest BCUT2D eigenvalue weighted by atomic mass is 19.1. The van der Waals surface area contributed by atoms with E-state index in [0.29, 0.717) is 0 Å². The van der Waals surface area contributed by atoms with Crippen molar-refractivity contribution in [3.63, 3.8) is 0 Å². The van der Waals surface area contributed by atoms with Crippen LogP contribution in [0.3, 0.4) is 0 Å². The third kappa shape index (κ3) is 4.54. The Balaban J connectivity index is 1.82. The molecule has 0 spiro atoms. The van der Waals surface area contributed by atoms with Gasteiger partial charge in [-0.15, -0.1) is 0 Å². The fourth-order valence-corrected chi connectivity index (χ4v) is 3.06. The van der Waals surface area contributed by atoms with E-state index in [1.165, 1.54) is 6.07 Å². The Morgan fingerprint density at radius 3 is 2.77 bits per heavy atom. The lowest BCUT2D eigenvalue weighted by Crippen LogP contribution is -2.41. The number of hydrogen-bond acceptors (Lipinski definition) is 2. The van der Waals surface area contributed by atoms with E-state index in [0.717, 1.165) is 50.9 Å². The number of piperidine rings is 1. The molecule has 1 amide bonds. The molecule has 1 N–H and O–H groups in total. The monoisotopic (exact) mass is 306 g/mol. The molecule has 1 saturated heterocycles. The van der Waals surface area contributed by atoms with Gasteiger partial charge in [-0.25, -0.2) is 4.39 Å². The van der Waals surface area contributed by atoms with Gasteiger partial charge in [0.25, 0.3) is 0 Å². The van der Waals surface area contributed by atoms with Crippen LogP contribution in [0.5, 0.6) is 0 Å². The highest BCUT2D eigenvalue weighted by Gasteiger charge is 2.27. The number of benzene rings is 1. The van der Waals surface area contributed by atoms with Crippen LogP contribution in [0.2, 0.25) is 0 Å². The summed E-state index contributed by atoms with van der Waals surface area (Å²) in [6.07, 6.45) is 3.92. The predicted molar refractivity (Wildman–Crippen MR) is 87.0 cm³/mol. The first-order valence-corrected chi connectivity index (χ1v) is 8.39. The van der Waals surface area contributed by atoms with E-state index in [4.69, 9.17) is 0 Å². The molecular formula is C18H27FN2O. The molecule has 0 unspecified atom stereocenters. The first-order chi connectivity index (χ1) is 10.6. The van der Waals surface area contributed by atoms with Crippen LogP contribution in [0, 0.1) is 11.7 Å². The van der Waals surface area contributed by atoms with Crippen molar-refractivity contribution in [3.8, 4) is 0 Å². The molecule has 1 heterocycles. The second-order valence-electron chi connectivity index (χ2n) is 6.19. The van der Waals surface area contributed by atoms with Gasteiger partial charge in [0.05, 0.1) is 0 Å². The molecule has 1 fully saturated rings. The van der Waals surface area contributed by atoms with Crippen molar-refractivity contribution in [2.75, 3.05) is 19.6 Å². The largest absolute Gasteiger partial charge is 0.356 e. The zero-order valence-electron chi connectivity index (χ0n) is 13.6. The lowest BCUT2D eigenvalue weighted by Gasteiger charge is -2.35. The predicted octanol–water partition coefficient (Wildman–Crippen LogP) is 3.52. The number of unbranched alkanes of at least 4 members (excludes halogenated alkanes) is 1. The normalized spacial score (nSPS) is 18.1. The number of likely N-dealkylation sites (tertiary alicyclic amines) is 1. The van der Waals surface area contributed by atoms with E-state index >= 15 is 0 Å². The number of nitrogens with one attached hydrogen (secondary N) is 1. The van der Waals surface area contributed by atoms with Gasteiger partial charge in [-0.1, -0.05) is 25.5 Å². The zero-order valence-corrected chi connectivity index (χ0v) is 13.6. The molecular weight excluding hydrogens is 279 g/mol. The van der Waals surface area contributed by atoms with E-state index in [1.807, 2.05) is 6.07 Å². The summed E-state index contributed by atoms with van der Waals surface area (Å²) in [6, 6.07) is 7.00. The lowest BCUT2D eigenvalue weighted by molar-refractivity contribution is -0.126. The molecule has 22 heavy (non-hydrogen) atoms. The van der Waals surface area contributed by atoms with Crippen LogP contribution in [-0.2, 0) is 4.79 Å². The van der Waals surface area contributed by atoms with E-state index in [2.05, 4.69) is 24.1 Å². The first-order valence-electron chi connectivity index (χ1n) is 8.39. The summed E-state index contributed by atoms with van der Waals surface area (Å²) >= 11 is 0. The van der Waals surface area contributed by atoms with E-state index in [-0.39, 0.29) is 23.7 Å². The fraction of sp³-hybridized carbons (Fsp3) is 0.611. The van der Waals surface area contributed by atoms with Crippen LogP contribution in [0.15, 0.2) is 24.3 Å². The molecule has 1 aromatic carbocycles. The van der Waals surface area contributed by atoms with Crippen LogP contribution in [0.1, 0.15) is 51.1 Å². The molecule has 1 aromatic rings. The molecule has 4 heteroatoms. The van der Waals surface area contributed by atoms with Gasteiger partial charge < -0.3 is 5.32 Å². The minimum Gasteiger partial charge on any atom is -0.356 e. The van der Waals surface area contributed by atoms with E-state index in [9.17, 15) is 9.18 Å². The van der Waals surface area contributed by atoms with Gasteiger partial charge in [-0.3, -0.25) is 9.69 Å². The van der Waals surface area contributed by atoms with Gasteiger partial charge in [0.1, 0.15) is 5.82 Å². The lowest BCUT2D eigenvalue weighted by atomic mass is 9.94. The third-order valence-corrected chi connectivity index (χ3v) is 4.61. The van der Waals surface area contributed by atoms with Gasteiger partial charge in [-0.05, 0) is 57.0 Å². The van der Waals surface area contributed by atoms with Crippen molar-refractivity contribution in [3.05, 3.63) is 35.6 Å². The smallest absolute Gasteiger partial charge is 0.223 e. The number of nitrogens with zero attached hydrogens (tertiary/aromatic N) is 1. The summed E-state index contributed by atoms with van der Waals surface area (Å²) in [5.41, 5.74) is 1.01. The van der Waals surface area contributed by atoms with Crippen LogP contribution in [0.4, 0.5) is 4.39 Å². The Hall–Kier alpha value is -1.42. The SMILES string of the molecule is CCCCNC(=O)C1CCN([C@H](C)c2cccc(F)c2)CC1. The van der Waals surface area contributed by atoms with Gasteiger partial charge in [-0.2, -0.15) is 0 Å². The highest BCUT2D eigenvalue weighted by Crippen LogP contribution is 2.27. The maximum absolute atomic E-state index is 13.3. The molecule has 2 rings (SSSR count). The van der Waals surface area contributed by atoms with Crippen molar-refractivity contribution < 1.29 is 9.18 Å². The van der Waals surface area contributed by atoms with Crippen LogP contribution >= 0.6 is 0 Å². The maximum atomic E-state index is 13.3. The number of carbonyl (C=O) groups excluding carboxylic acids is 1. The summed E-state index contributed by atoms with van der Waals surface area (Å²) in [6.45, 7) is 6.80. The van der Waals surface area contributed by atoms with Crippen LogP contribution in [0.25, 0.3) is 0 Å². The molecule has 0 radical (unpaired) electrons. The minimum absolute atomic E-state index is 0.132. The second-order valence-corrected chi connectivity index (χ2v) is 6.19. The Bertz CT molecular complexity index is 484. The maximum Gasteiger partial charge on any atom is 0.223 e. The van der Waals surface area contributed by atoms with E-state index in [1.54, 1.807) is 12.1 Å². The van der Waals surface area contributed by atoms with Crippen molar-refractivity contribution >= 4 is 5.91 Å². The highest BCUT2D eigenvalue weighted by molar-refractivity contribution is 5.78. The number of hydrogen-bond donors (Lipinski definition) is 1. The third-order valence-electron chi connectivity index (χ3n) is 4.61. The fourth-order valence-electron chi connectivity index (χ4n) is 3.06. The van der Waals surface area contributed by atoms with Gasteiger partial charge in [0.15, 0.2) is 0 Å². The van der Waals surface area contributed by atoms with Crippen LogP contribution < -0.4 is 5.32 Å². The molecule has 3 nitrogen and oxygen atoms in total. The summed E-state index contributed by atoms with van der Waals surface area (Å²) in [5.74, 6) is 0.147. The van der Waals surface area contributed by atoms with Gasteiger partial charge in [0, 0.05) is 18.5 Å². The Morgan fingerprint density at radius 1 is 1.41 bits per heavy atom. The molecule has 122 valence electrons. The quantitative estimate of drug-likeness (QED) is 0.816. The average Bonchev–Trinajstić information content (AvgIpc) is 2.54. The average molecular weight is 306 g/mol. The minimum atomic E-state index is -0.186. The number of carbonyl (C=O) groups is 1. The molecule has 0 aromatic heterocycles. The summed E-state index contributed by atoms with van der Waals surface area (Å²) < 4.78 is 13.3. The number of amides is 1. The van der Waals surface area contributed by atoms with Crippen molar-refractivity contribution in [2.24, 2.45) is 5.92 Å². The summed E-state index contributed by atoms with van der Waals surface area (Å²) in [5, 5.41) is 3.03. The summed E-state index contributed by atoms with van der Waals surface area (Å²) in [7, 11) is 0. The van der Waals surface area contributed by atoms with Crippen molar-refractivity contribution in [1.29, 1.82) is 0 Å². The molecule has 0 saturated carbocycles. The second kappa shape index (κ2) is 8.28. The number of halogens is 1. The standard InChI is InChI=1S/C18H27FN2O/c1-3-4-10-20-18(22)15-8-11-21(12-9-15)14(2)16-6-5-7-17(19)13-16/h5-7,13-15H,3-4,8-12H2,1-2H3,(H,20,22)/t14-/m1/s1. The molecule has 1 aliphatic heterocycles. The Labute approximate surface area is 132 Å². The summed E-state index contributed by atoms with van der Waals surface area (Å²) in [4.78, 5) is 14.4. The van der Waals surface area contributed by atoms with Crippen molar-refractivity contribution in [2.45, 2.75) is 45.6 Å². The molecule has 1 atom stereocenters. The Morgan fingerprint density at radius 2 is 2.14 bits per heavy atom. The zero-order chi connectivity index (χ0) is 15.9. The van der Waals surface area contributed by atoms with E-state index < -0.39 is 0 Å². The molecule has 1 aliphatic rings. The van der Waals surface area contributed by atoms with Crippen molar-refractivity contribution in [1.82, 2.24) is 10.2 Å². The Kier molecular flexibility index (Phi) is 6.37.